The third-order valence-electron chi connectivity index (χ3n) is 2.91. The Hall–Kier alpha value is -1.37. The molecule has 0 bridgehead atoms. The zero-order chi connectivity index (χ0) is 16.7. The number of carbonyl (C=O) groups is 2. The van der Waals surface area contributed by atoms with Gasteiger partial charge in [0.15, 0.2) is 5.12 Å². The first-order chi connectivity index (χ1) is 10.4. The number of thioether (sulfide) groups is 1. The molecule has 0 spiro atoms. The van der Waals surface area contributed by atoms with Crippen LogP contribution in [0.25, 0.3) is 10.4 Å². The SMILES string of the molecule is CCCC(C)CC(=O)Sc1cc(C(=O)N=[N+]=[N-])c(F)cc1Br. The molecule has 1 aromatic rings. The van der Waals surface area contributed by atoms with Gasteiger partial charge in [-0.05, 0) is 44.6 Å². The van der Waals surface area contributed by atoms with Crippen LogP contribution >= 0.6 is 27.7 Å². The molecule has 0 aliphatic carbocycles. The number of nitrogens with zero attached hydrogens (tertiary/aromatic N) is 3. The molecule has 0 saturated carbocycles. The summed E-state index contributed by atoms with van der Waals surface area (Å²) in [7, 11) is 0. The minimum Gasteiger partial charge on any atom is -0.287 e. The Morgan fingerprint density at radius 2 is 2.18 bits per heavy atom. The van der Waals surface area contributed by atoms with Crippen LogP contribution in [0.2, 0.25) is 0 Å². The summed E-state index contributed by atoms with van der Waals surface area (Å²) in [6.07, 6.45) is 2.36. The summed E-state index contributed by atoms with van der Waals surface area (Å²) >= 11 is 4.11. The molecule has 118 valence electrons. The monoisotopic (exact) mass is 387 g/mol. The number of azide groups is 1. The lowest BCUT2D eigenvalue weighted by Crippen LogP contribution is -2.03. The fourth-order valence-electron chi connectivity index (χ4n) is 1.91. The van der Waals surface area contributed by atoms with E-state index in [1.54, 1.807) is 0 Å². The summed E-state index contributed by atoms with van der Waals surface area (Å²) in [5.41, 5.74) is 7.91. The van der Waals surface area contributed by atoms with E-state index >= 15 is 0 Å². The first-order valence-electron chi connectivity index (χ1n) is 6.68. The molecule has 0 aromatic heterocycles. The smallest absolute Gasteiger partial charge is 0.252 e. The molecule has 1 aromatic carbocycles. The van der Waals surface area contributed by atoms with Gasteiger partial charge in [0.25, 0.3) is 5.91 Å². The molecule has 0 aliphatic rings. The van der Waals surface area contributed by atoms with Gasteiger partial charge in [-0.3, -0.25) is 9.59 Å². The molecule has 1 rings (SSSR count). The molecular weight excluding hydrogens is 373 g/mol. The highest BCUT2D eigenvalue weighted by Gasteiger charge is 2.17. The van der Waals surface area contributed by atoms with Crippen molar-refractivity contribution in [2.24, 2.45) is 11.0 Å². The van der Waals surface area contributed by atoms with Crippen molar-refractivity contribution in [2.75, 3.05) is 0 Å². The summed E-state index contributed by atoms with van der Waals surface area (Å²) in [6.45, 7) is 4.05. The molecule has 1 amide bonds. The Kier molecular flexibility index (Phi) is 7.58. The number of hydrogen-bond donors (Lipinski definition) is 0. The molecule has 8 heteroatoms. The number of carbonyl (C=O) groups excluding carboxylic acids is 2. The van der Waals surface area contributed by atoms with Crippen LogP contribution in [0.4, 0.5) is 4.39 Å². The van der Waals surface area contributed by atoms with Crippen molar-refractivity contribution < 1.29 is 14.0 Å². The number of rotatable bonds is 6. The lowest BCUT2D eigenvalue weighted by atomic mass is 10.0. The van der Waals surface area contributed by atoms with E-state index in [9.17, 15) is 14.0 Å². The maximum atomic E-state index is 13.7. The molecule has 5 nitrogen and oxygen atoms in total. The molecule has 1 unspecified atom stereocenters. The molecular formula is C14H15BrFN3O2S. The quantitative estimate of drug-likeness (QED) is 0.280. The van der Waals surface area contributed by atoms with Crippen LogP contribution in [-0.2, 0) is 4.79 Å². The molecule has 1 atom stereocenters. The Balaban J connectivity index is 2.95. The van der Waals surface area contributed by atoms with Crippen LogP contribution in [0.15, 0.2) is 26.6 Å². The minimum absolute atomic E-state index is 0.0598. The van der Waals surface area contributed by atoms with Gasteiger partial charge in [-0.25, -0.2) is 4.39 Å². The van der Waals surface area contributed by atoms with E-state index < -0.39 is 11.7 Å². The molecule has 0 N–H and O–H groups in total. The summed E-state index contributed by atoms with van der Waals surface area (Å²) in [5.74, 6) is -1.55. The van der Waals surface area contributed by atoms with E-state index in [2.05, 4.69) is 32.9 Å². The van der Waals surface area contributed by atoms with E-state index in [1.165, 1.54) is 6.07 Å². The van der Waals surface area contributed by atoms with Gasteiger partial charge in [-0.1, -0.05) is 38.5 Å². The second-order valence-corrected chi connectivity index (χ2v) is 6.78. The van der Waals surface area contributed by atoms with Crippen molar-refractivity contribution in [1.82, 2.24) is 0 Å². The van der Waals surface area contributed by atoms with Crippen LogP contribution in [-0.4, -0.2) is 11.0 Å². The highest BCUT2D eigenvalue weighted by Crippen LogP contribution is 2.32. The Labute approximate surface area is 140 Å². The second-order valence-electron chi connectivity index (χ2n) is 4.83. The van der Waals surface area contributed by atoms with Crippen molar-refractivity contribution in [3.63, 3.8) is 0 Å². The maximum Gasteiger partial charge on any atom is 0.252 e. The van der Waals surface area contributed by atoms with Gasteiger partial charge >= 0.3 is 0 Å². The summed E-state index contributed by atoms with van der Waals surface area (Å²) in [6, 6.07) is 2.31. The average molecular weight is 388 g/mol. The third-order valence-corrected chi connectivity index (χ3v) is 4.78. The van der Waals surface area contributed by atoms with Gasteiger partial charge in [0, 0.05) is 20.7 Å². The highest BCUT2D eigenvalue weighted by atomic mass is 79.9. The Bertz CT molecular complexity index is 633. The number of amides is 1. The predicted octanol–water partition coefficient (Wildman–Crippen LogP) is 5.48. The van der Waals surface area contributed by atoms with Gasteiger partial charge in [-0.2, -0.15) is 0 Å². The lowest BCUT2D eigenvalue weighted by molar-refractivity contribution is -0.111. The van der Waals surface area contributed by atoms with Gasteiger partial charge in [0.1, 0.15) is 5.82 Å². The summed E-state index contributed by atoms with van der Waals surface area (Å²) < 4.78 is 14.1. The molecule has 0 saturated heterocycles. The highest BCUT2D eigenvalue weighted by molar-refractivity contribution is 9.10. The van der Waals surface area contributed by atoms with E-state index in [-0.39, 0.29) is 16.6 Å². The van der Waals surface area contributed by atoms with Crippen LogP contribution in [0.3, 0.4) is 0 Å². The van der Waals surface area contributed by atoms with E-state index in [4.69, 9.17) is 5.53 Å². The number of hydrogen-bond acceptors (Lipinski definition) is 3. The predicted molar refractivity (Wildman–Crippen MR) is 87.1 cm³/mol. The molecule has 22 heavy (non-hydrogen) atoms. The standard InChI is InChI=1S/C14H15BrFN3O2S/c1-3-4-8(2)5-13(20)22-12-6-9(14(21)18-19-17)11(16)7-10(12)15/h6-8H,3-5H2,1-2H3. The molecule has 0 fully saturated rings. The van der Waals surface area contributed by atoms with E-state index in [0.717, 1.165) is 30.7 Å². The van der Waals surface area contributed by atoms with Crippen LogP contribution < -0.4 is 0 Å². The largest absolute Gasteiger partial charge is 0.287 e. The molecule has 0 heterocycles. The van der Waals surface area contributed by atoms with Crippen LogP contribution in [0, 0.1) is 11.7 Å². The average Bonchev–Trinajstić information content (AvgIpc) is 2.42. The number of halogens is 2. The van der Waals surface area contributed by atoms with Crippen LogP contribution in [0.5, 0.6) is 0 Å². The van der Waals surface area contributed by atoms with Crippen molar-refractivity contribution in [2.45, 2.75) is 38.0 Å². The first-order valence-corrected chi connectivity index (χ1v) is 8.29. The van der Waals surface area contributed by atoms with Gasteiger partial charge < -0.3 is 0 Å². The van der Waals surface area contributed by atoms with Gasteiger partial charge in [0.05, 0.1) is 5.56 Å². The maximum absolute atomic E-state index is 13.7. The molecule has 0 radical (unpaired) electrons. The number of benzene rings is 1. The fraction of sp³-hybridized carbons (Fsp3) is 0.429. The Morgan fingerprint density at radius 3 is 2.77 bits per heavy atom. The van der Waals surface area contributed by atoms with Crippen molar-refractivity contribution in [3.05, 3.63) is 38.4 Å². The zero-order valence-corrected chi connectivity index (χ0v) is 14.6. The topological polar surface area (TPSA) is 82.9 Å². The summed E-state index contributed by atoms with van der Waals surface area (Å²) in [4.78, 5) is 26.3. The van der Waals surface area contributed by atoms with Crippen molar-refractivity contribution in [3.8, 4) is 0 Å². The second kappa shape index (κ2) is 8.92. The van der Waals surface area contributed by atoms with Crippen LogP contribution in [0.1, 0.15) is 43.5 Å². The zero-order valence-electron chi connectivity index (χ0n) is 12.2. The third kappa shape index (κ3) is 5.44. The fourth-order valence-corrected chi connectivity index (χ4v) is 3.41. The van der Waals surface area contributed by atoms with Crippen molar-refractivity contribution in [1.29, 1.82) is 0 Å². The van der Waals surface area contributed by atoms with Gasteiger partial charge in [0.2, 0.25) is 0 Å². The first kappa shape index (κ1) is 18.7. The summed E-state index contributed by atoms with van der Waals surface area (Å²) in [5, 5.41) is 2.81. The molecule has 0 aliphatic heterocycles. The van der Waals surface area contributed by atoms with E-state index in [1.807, 2.05) is 6.92 Å². The van der Waals surface area contributed by atoms with E-state index in [0.29, 0.717) is 15.8 Å². The van der Waals surface area contributed by atoms with Crippen molar-refractivity contribution >= 4 is 38.7 Å². The normalized spacial score (nSPS) is 11.6. The minimum atomic E-state index is -1.01. The Morgan fingerprint density at radius 1 is 1.50 bits per heavy atom. The van der Waals surface area contributed by atoms with Gasteiger partial charge in [-0.15, -0.1) is 0 Å². The lowest BCUT2D eigenvalue weighted by Gasteiger charge is -2.10.